The molecule has 1 atom stereocenters. The molecule has 0 spiro atoms. The van der Waals surface area contributed by atoms with Crippen LogP contribution >= 0.6 is 11.8 Å². The van der Waals surface area contributed by atoms with E-state index in [-0.39, 0.29) is 11.9 Å². The molecule has 0 aliphatic heterocycles. The molecular weight excluding hydrogens is 244 g/mol. The Morgan fingerprint density at radius 3 is 2.56 bits per heavy atom. The standard InChI is InChI=1S/C14H22N2OS/c1-4-15-10-9-14(17)16-11(2)12-5-7-13(18-3)8-6-12/h5-8,11,15H,4,9-10H2,1-3H3,(H,16,17). The van der Waals surface area contributed by atoms with Gasteiger partial charge < -0.3 is 10.6 Å². The fourth-order valence-electron chi connectivity index (χ4n) is 1.67. The summed E-state index contributed by atoms with van der Waals surface area (Å²) >= 11 is 1.72. The molecule has 0 saturated heterocycles. The largest absolute Gasteiger partial charge is 0.350 e. The summed E-state index contributed by atoms with van der Waals surface area (Å²) in [5, 5.41) is 6.15. The van der Waals surface area contributed by atoms with Crippen LogP contribution in [-0.2, 0) is 4.79 Å². The van der Waals surface area contributed by atoms with Crippen LogP contribution in [-0.4, -0.2) is 25.3 Å². The van der Waals surface area contributed by atoms with Crippen LogP contribution in [0.4, 0.5) is 0 Å². The van der Waals surface area contributed by atoms with Crippen LogP contribution in [0, 0.1) is 0 Å². The van der Waals surface area contributed by atoms with Gasteiger partial charge in [0.05, 0.1) is 6.04 Å². The third kappa shape index (κ3) is 5.10. The maximum absolute atomic E-state index is 11.7. The van der Waals surface area contributed by atoms with Gasteiger partial charge in [-0.3, -0.25) is 4.79 Å². The first-order chi connectivity index (χ1) is 8.67. The van der Waals surface area contributed by atoms with Crippen molar-refractivity contribution in [2.75, 3.05) is 19.3 Å². The molecule has 0 bridgehead atoms. The number of carbonyl (C=O) groups is 1. The molecule has 4 heteroatoms. The summed E-state index contributed by atoms with van der Waals surface area (Å²) in [4.78, 5) is 12.9. The number of hydrogen-bond donors (Lipinski definition) is 2. The van der Waals surface area contributed by atoms with Crippen molar-refractivity contribution in [3.63, 3.8) is 0 Å². The van der Waals surface area contributed by atoms with E-state index < -0.39 is 0 Å². The van der Waals surface area contributed by atoms with Gasteiger partial charge in [0.1, 0.15) is 0 Å². The van der Waals surface area contributed by atoms with Gasteiger partial charge in [-0.25, -0.2) is 0 Å². The molecule has 1 aromatic rings. The number of amides is 1. The molecule has 0 aromatic heterocycles. The summed E-state index contributed by atoms with van der Waals surface area (Å²) < 4.78 is 0. The molecule has 1 unspecified atom stereocenters. The predicted octanol–water partition coefficient (Wildman–Crippen LogP) is 2.59. The van der Waals surface area contributed by atoms with Gasteiger partial charge in [-0.2, -0.15) is 0 Å². The van der Waals surface area contributed by atoms with E-state index in [1.54, 1.807) is 11.8 Å². The topological polar surface area (TPSA) is 41.1 Å². The Labute approximate surface area is 114 Å². The number of hydrogen-bond acceptors (Lipinski definition) is 3. The Kier molecular flexibility index (Phi) is 6.83. The molecule has 0 heterocycles. The van der Waals surface area contributed by atoms with Crippen LogP contribution in [0.2, 0.25) is 0 Å². The monoisotopic (exact) mass is 266 g/mol. The highest BCUT2D eigenvalue weighted by Gasteiger charge is 2.08. The molecular formula is C14H22N2OS. The van der Waals surface area contributed by atoms with Crippen molar-refractivity contribution in [3.05, 3.63) is 29.8 Å². The van der Waals surface area contributed by atoms with Gasteiger partial charge in [0.25, 0.3) is 0 Å². The molecule has 0 fully saturated rings. The average Bonchev–Trinajstić information content (AvgIpc) is 2.39. The molecule has 0 aliphatic rings. The van der Waals surface area contributed by atoms with Crippen LogP contribution < -0.4 is 10.6 Å². The first-order valence-corrected chi connectivity index (χ1v) is 7.54. The van der Waals surface area contributed by atoms with Gasteiger partial charge in [-0.15, -0.1) is 11.8 Å². The van der Waals surface area contributed by atoms with E-state index in [0.717, 1.165) is 18.7 Å². The van der Waals surface area contributed by atoms with Crippen molar-refractivity contribution in [2.24, 2.45) is 0 Å². The molecule has 0 saturated carbocycles. The summed E-state index contributed by atoms with van der Waals surface area (Å²) in [6.07, 6.45) is 2.59. The van der Waals surface area contributed by atoms with Crippen LogP contribution in [0.1, 0.15) is 31.9 Å². The van der Waals surface area contributed by atoms with Gasteiger partial charge in [0, 0.05) is 17.9 Å². The van der Waals surface area contributed by atoms with E-state index in [0.29, 0.717) is 6.42 Å². The maximum atomic E-state index is 11.7. The minimum atomic E-state index is 0.0648. The first kappa shape index (κ1) is 15.1. The quantitative estimate of drug-likeness (QED) is 0.589. The normalized spacial score (nSPS) is 12.2. The third-order valence-electron chi connectivity index (χ3n) is 2.77. The Hall–Kier alpha value is -1.00. The predicted molar refractivity (Wildman–Crippen MR) is 77.9 cm³/mol. The molecule has 1 rings (SSSR count). The fourth-order valence-corrected chi connectivity index (χ4v) is 2.08. The number of benzene rings is 1. The maximum Gasteiger partial charge on any atom is 0.221 e. The third-order valence-corrected chi connectivity index (χ3v) is 3.52. The Morgan fingerprint density at radius 2 is 2.00 bits per heavy atom. The highest BCUT2D eigenvalue weighted by atomic mass is 32.2. The van der Waals surface area contributed by atoms with Gasteiger partial charge in [-0.05, 0) is 37.4 Å². The van der Waals surface area contributed by atoms with E-state index in [4.69, 9.17) is 0 Å². The Bertz CT molecular complexity index is 365. The zero-order chi connectivity index (χ0) is 13.4. The summed E-state index contributed by atoms with van der Waals surface area (Å²) in [6, 6.07) is 8.38. The molecule has 0 aliphatic carbocycles. The number of carbonyl (C=O) groups excluding carboxylic acids is 1. The lowest BCUT2D eigenvalue weighted by molar-refractivity contribution is -0.121. The van der Waals surface area contributed by atoms with Crippen molar-refractivity contribution in [1.29, 1.82) is 0 Å². The zero-order valence-corrected chi connectivity index (χ0v) is 12.1. The molecule has 3 nitrogen and oxygen atoms in total. The molecule has 1 aromatic carbocycles. The molecule has 0 radical (unpaired) electrons. The van der Waals surface area contributed by atoms with Crippen molar-refractivity contribution in [2.45, 2.75) is 31.2 Å². The van der Waals surface area contributed by atoms with Crippen LogP contribution in [0.5, 0.6) is 0 Å². The number of thioether (sulfide) groups is 1. The van der Waals surface area contributed by atoms with Crippen molar-refractivity contribution >= 4 is 17.7 Å². The SMILES string of the molecule is CCNCCC(=O)NC(C)c1ccc(SC)cc1. The Morgan fingerprint density at radius 1 is 1.33 bits per heavy atom. The lowest BCUT2D eigenvalue weighted by Crippen LogP contribution is -2.29. The minimum Gasteiger partial charge on any atom is -0.350 e. The highest BCUT2D eigenvalue weighted by Crippen LogP contribution is 2.18. The second-order valence-electron chi connectivity index (χ2n) is 4.17. The smallest absolute Gasteiger partial charge is 0.221 e. The first-order valence-electron chi connectivity index (χ1n) is 6.31. The summed E-state index contributed by atoms with van der Waals surface area (Å²) in [5.74, 6) is 0.0948. The summed E-state index contributed by atoms with van der Waals surface area (Å²) in [7, 11) is 0. The van der Waals surface area contributed by atoms with E-state index in [9.17, 15) is 4.79 Å². The second-order valence-corrected chi connectivity index (χ2v) is 5.05. The number of rotatable bonds is 7. The van der Waals surface area contributed by atoms with Crippen LogP contribution in [0.15, 0.2) is 29.2 Å². The van der Waals surface area contributed by atoms with E-state index in [1.165, 1.54) is 4.90 Å². The highest BCUT2D eigenvalue weighted by molar-refractivity contribution is 7.98. The molecule has 2 N–H and O–H groups in total. The average molecular weight is 266 g/mol. The lowest BCUT2D eigenvalue weighted by atomic mass is 10.1. The van der Waals surface area contributed by atoms with Crippen LogP contribution in [0.25, 0.3) is 0 Å². The van der Waals surface area contributed by atoms with Gasteiger partial charge in [0.2, 0.25) is 5.91 Å². The van der Waals surface area contributed by atoms with E-state index in [1.807, 2.05) is 13.8 Å². The van der Waals surface area contributed by atoms with Crippen molar-refractivity contribution in [3.8, 4) is 0 Å². The minimum absolute atomic E-state index is 0.0648. The van der Waals surface area contributed by atoms with E-state index >= 15 is 0 Å². The zero-order valence-electron chi connectivity index (χ0n) is 11.3. The van der Waals surface area contributed by atoms with E-state index in [2.05, 4.69) is 41.2 Å². The van der Waals surface area contributed by atoms with Gasteiger partial charge in [0.15, 0.2) is 0 Å². The van der Waals surface area contributed by atoms with Gasteiger partial charge in [-0.1, -0.05) is 19.1 Å². The summed E-state index contributed by atoms with van der Waals surface area (Å²) in [6.45, 7) is 5.69. The molecule has 100 valence electrons. The molecule has 1 amide bonds. The van der Waals surface area contributed by atoms with Crippen molar-refractivity contribution < 1.29 is 4.79 Å². The van der Waals surface area contributed by atoms with Crippen molar-refractivity contribution in [1.82, 2.24) is 10.6 Å². The second kappa shape index (κ2) is 8.16. The summed E-state index contributed by atoms with van der Waals surface area (Å²) in [5.41, 5.74) is 1.14. The van der Waals surface area contributed by atoms with Crippen LogP contribution in [0.3, 0.4) is 0 Å². The molecule has 18 heavy (non-hydrogen) atoms. The lowest BCUT2D eigenvalue weighted by Gasteiger charge is -2.14. The van der Waals surface area contributed by atoms with Gasteiger partial charge >= 0.3 is 0 Å². The Balaban J connectivity index is 2.43. The fraction of sp³-hybridized carbons (Fsp3) is 0.500. The number of nitrogens with one attached hydrogen (secondary N) is 2.